The van der Waals surface area contributed by atoms with E-state index in [1.54, 1.807) is 6.08 Å². The van der Waals surface area contributed by atoms with E-state index in [-0.39, 0.29) is 5.91 Å². The molecule has 0 saturated carbocycles. The first-order valence-electron chi connectivity index (χ1n) is 6.76. The number of amides is 1. The lowest BCUT2D eigenvalue weighted by Gasteiger charge is -2.20. The normalized spacial score (nSPS) is 20.7. The highest BCUT2D eigenvalue weighted by atomic mass is 16.2. The Morgan fingerprint density at radius 3 is 1.75 bits per heavy atom. The van der Waals surface area contributed by atoms with Crippen LogP contribution in [-0.4, -0.2) is 23.9 Å². The van der Waals surface area contributed by atoms with Crippen LogP contribution in [-0.2, 0) is 4.79 Å². The summed E-state index contributed by atoms with van der Waals surface area (Å²) in [4.78, 5) is 13.8. The fourth-order valence-electron chi connectivity index (χ4n) is 2.25. The molecule has 0 radical (unpaired) electrons. The first-order valence-corrected chi connectivity index (χ1v) is 6.76. The van der Waals surface area contributed by atoms with Gasteiger partial charge in [0.2, 0.25) is 5.91 Å². The summed E-state index contributed by atoms with van der Waals surface area (Å²) in [5.74, 6) is 0.196. The molecule has 2 nitrogen and oxygen atoms in total. The zero-order valence-corrected chi connectivity index (χ0v) is 10.6. The Bertz CT molecular complexity index is 211. The van der Waals surface area contributed by atoms with Crippen LogP contribution in [0.2, 0.25) is 0 Å². The SMILES string of the molecule is CC=CC(=O)N1CCCCCCCCCC1. The summed E-state index contributed by atoms with van der Waals surface area (Å²) in [6, 6.07) is 0. The van der Waals surface area contributed by atoms with Crippen LogP contribution < -0.4 is 0 Å². The molecule has 1 heterocycles. The average molecular weight is 223 g/mol. The second kappa shape index (κ2) is 8.37. The van der Waals surface area contributed by atoms with Crippen molar-refractivity contribution in [1.82, 2.24) is 4.90 Å². The molecule has 1 amide bonds. The monoisotopic (exact) mass is 223 g/mol. The predicted octanol–water partition coefficient (Wildman–Crippen LogP) is 3.53. The largest absolute Gasteiger partial charge is 0.339 e. The lowest BCUT2D eigenvalue weighted by atomic mass is 10.1. The van der Waals surface area contributed by atoms with E-state index in [9.17, 15) is 4.79 Å². The number of carbonyl (C=O) groups excluding carboxylic acids is 1. The number of carbonyl (C=O) groups is 1. The van der Waals surface area contributed by atoms with E-state index in [2.05, 4.69) is 0 Å². The zero-order valence-electron chi connectivity index (χ0n) is 10.6. The lowest BCUT2D eigenvalue weighted by Crippen LogP contribution is -2.31. The molecule has 2 heteroatoms. The van der Waals surface area contributed by atoms with Gasteiger partial charge >= 0.3 is 0 Å². The van der Waals surface area contributed by atoms with Gasteiger partial charge in [0, 0.05) is 13.1 Å². The molecule has 1 saturated heterocycles. The quantitative estimate of drug-likeness (QED) is 0.623. The summed E-state index contributed by atoms with van der Waals surface area (Å²) in [5, 5.41) is 0. The van der Waals surface area contributed by atoms with E-state index in [0.29, 0.717) is 0 Å². The number of nitrogens with zero attached hydrogens (tertiary/aromatic N) is 1. The third-order valence-corrected chi connectivity index (χ3v) is 3.23. The first-order chi connectivity index (χ1) is 7.84. The summed E-state index contributed by atoms with van der Waals surface area (Å²) in [7, 11) is 0. The Balaban J connectivity index is 2.41. The van der Waals surface area contributed by atoms with Crippen LogP contribution in [0.1, 0.15) is 58.3 Å². The molecule has 1 aliphatic heterocycles. The highest BCUT2D eigenvalue weighted by Gasteiger charge is 2.10. The molecule has 0 aromatic carbocycles. The highest BCUT2D eigenvalue weighted by Crippen LogP contribution is 2.12. The van der Waals surface area contributed by atoms with Crippen LogP contribution in [0, 0.1) is 0 Å². The molecule has 0 aromatic rings. The Hall–Kier alpha value is -0.790. The van der Waals surface area contributed by atoms with E-state index >= 15 is 0 Å². The first kappa shape index (κ1) is 13.3. The molecule has 0 unspecified atom stereocenters. The minimum atomic E-state index is 0.196. The van der Waals surface area contributed by atoms with Crippen molar-refractivity contribution in [3.63, 3.8) is 0 Å². The van der Waals surface area contributed by atoms with Gasteiger partial charge in [0.05, 0.1) is 0 Å². The minimum Gasteiger partial charge on any atom is -0.339 e. The maximum absolute atomic E-state index is 11.8. The topological polar surface area (TPSA) is 20.3 Å². The molecule has 0 N–H and O–H groups in total. The number of hydrogen-bond acceptors (Lipinski definition) is 1. The second-order valence-corrected chi connectivity index (χ2v) is 4.65. The molecule has 0 aromatic heterocycles. The smallest absolute Gasteiger partial charge is 0.246 e. The summed E-state index contributed by atoms with van der Waals surface area (Å²) < 4.78 is 0. The van der Waals surface area contributed by atoms with Crippen molar-refractivity contribution >= 4 is 5.91 Å². The molecule has 1 aliphatic rings. The van der Waals surface area contributed by atoms with E-state index in [4.69, 9.17) is 0 Å². The zero-order chi connectivity index (χ0) is 11.6. The molecule has 0 atom stereocenters. The van der Waals surface area contributed by atoms with Crippen molar-refractivity contribution in [2.75, 3.05) is 13.1 Å². The van der Waals surface area contributed by atoms with Crippen molar-refractivity contribution < 1.29 is 4.79 Å². The van der Waals surface area contributed by atoms with Gasteiger partial charge in [0.1, 0.15) is 0 Å². The predicted molar refractivity (Wildman–Crippen MR) is 68.3 cm³/mol. The fourth-order valence-corrected chi connectivity index (χ4v) is 2.25. The lowest BCUT2D eigenvalue weighted by molar-refractivity contribution is -0.126. The fraction of sp³-hybridized carbons (Fsp3) is 0.786. The maximum Gasteiger partial charge on any atom is 0.246 e. The molecule has 92 valence electrons. The molecule has 0 spiro atoms. The Morgan fingerprint density at radius 1 is 0.875 bits per heavy atom. The van der Waals surface area contributed by atoms with E-state index in [0.717, 1.165) is 13.1 Å². The Morgan fingerprint density at radius 2 is 1.31 bits per heavy atom. The average Bonchev–Trinajstić information content (AvgIpc) is 2.34. The van der Waals surface area contributed by atoms with Crippen molar-refractivity contribution in [3.8, 4) is 0 Å². The van der Waals surface area contributed by atoms with Crippen LogP contribution in [0.5, 0.6) is 0 Å². The van der Waals surface area contributed by atoms with E-state index in [1.165, 1.54) is 51.4 Å². The van der Waals surface area contributed by atoms with Crippen molar-refractivity contribution in [2.24, 2.45) is 0 Å². The number of allylic oxidation sites excluding steroid dienone is 1. The van der Waals surface area contributed by atoms with Gasteiger partial charge in [-0.2, -0.15) is 0 Å². The maximum atomic E-state index is 11.8. The molecule has 16 heavy (non-hydrogen) atoms. The van der Waals surface area contributed by atoms with Gasteiger partial charge < -0.3 is 4.90 Å². The molecule has 1 rings (SSSR count). The summed E-state index contributed by atoms with van der Waals surface area (Å²) >= 11 is 0. The Kier molecular flexibility index (Phi) is 6.95. The van der Waals surface area contributed by atoms with Crippen molar-refractivity contribution in [2.45, 2.75) is 58.3 Å². The third-order valence-electron chi connectivity index (χ3n) is 3.23. The summed E-state index contributed by atoms with van der Waals surface area (Å²) in [5.41, 5.74) is 0. The van der Waals surface area contributed by atoms with Gasteiger partial charge in [-0.3, -0.25) is 4.79 Å². The van der Waals surface area contributed by atoms with Crippen LogP contribution in [0.4, 0.5) is 0 Å². The Labute approximate surface area is 99.7 Å². The summed E-state index contributed by atoms with van der Waals surface area (Å²) in [6.07, 6.45) is 13.9. The van der Waals surface area contributed by atoms with Crippen LogP contribution in [0.15, 0.2) is 12.2 Å². The molecular formula is C14H25NO. The van der Waals surface area contributed by atoms with Crippen molar-refractivity contribution in [3.05, 3.63) is 12.2 Å². The van der Waals surface area contributed by atoms with Gasteiger partial charge in [-0.25, -0.2) is 0 Å². The van der Waals surface area contributed by atoms with Crippen LogP contribution >= 0.6 is 0 Å². The van der Waals surface area contributed by atoms with E-state index in [1.807, 2.05) is 17.9 Å². The minimum absolute atomic E-state index is 0.196. The standard InChI is InChI=1S/C14H25NO/c1-2-11-14(16)15-12-9-7-5-3-4-6-8-10-13-15/h2,11H,3-10,12-13H2,1H3. The van der Waals surface area contributed by atoms with E-state index < -0.39 is 0 Å². The van der Waals surface area contributed by atoms with Crippen LogP contribution in [0.25, 0.3) is 0 Å². The van der Waals surface area contributed by atoms with Gasteiger partial charge in [0.25, 0.3) is 0 Å². The molecular weight excluding hydrogens is 198 g/mol. The van der Waals surface area contributed by atoms with Gasteiger partial charge in [-0.1, -0.05) is 44.6 Å². The third kappa shape index (κ3) is 5.34. The van der Waals surface area contributed by atoms with Crippen molar-refractivity contribution in [1.29, 1.82) is 0 Å². The second-order valence-electron chi connectivity index (χ2n) is 4.65. The number of rotatable bonds is 1. The van der Waals surface area contributed by atoms with Gasteiger partial charge in [-0.15, -0.1) is 0 Å². The molecule has 0 bridgehead atoms. The van der Waals surface area contributed by atoms with Gasteiger partial charge in [0.15, 0.2) is 0 Å². The highest BCUT2D eigenvalue weighted by molar-refractivity contribution is 5.87. The van der Waals surface area contributed by atoms with Gasteiger partial charge in [-0.05, 0) is 25.8 Å². The van der Waals surface area contributed by atoms with Crippen LogP contribution in [0.3, 0.4) is 0 Å². The molecule has 0 aliphatic carbocycles. The summed E-state index contributed by atoms with van der Waals surface area (Å²) in [6.45, 7) is 3.80. The molecule has 1 fully saturated rings. The number of hydrogen-bond donors (Lipinski definition) is 0.